The third-order valence-electron chi connectivity index (χ3n) is 8.23. The zero-order valence-electron chi connectivity index (χ0n) is 21.8. The largest absolute Gasteiger partial charge is 0.301 e. The van der Waals surface area contributed by atoms with Crippen LogP contribution >= 0.6 is 0 Å². The van der Waals surface area contributed by atoms with Crippen molar-refractivity contribution >= 4 is 10.9 Å². The number of nitrogens with zero attached hydrogens (tertiary/aromatic N) is 3. The molecule has 0 radical (unpaired) electrons. The lowest BCUT2D eigenvalue weighted by Crippen LogP contribution is -2.28. The van der Waals surface area contributed by atoms with Crippen LogP contribution in [-0.4, -0.2) is 14.5 Å². The van der Waals surface area contributed by atoms with Gasteiger partial charge in [0.2, 0.25) is 0 Å². The van der Waals surface area contributed by atoms with Gasteiger partial charge in [0, 0.05) is 29.5 Å². The quantitative estimate of drug-likeness (QED) is 0.237. The van der Waals surface area contributed by atoms with E-state index in [0.29, 0.717) is 0 Å². The van der Waals surface area contributed by atoms with E-state index in [1.807, 2.05) is 24.4 Å². The third kappa shape index (κ3) is 3.18. The summed E-state index contributed by atoms with van der Waals surface area (Å²) in [5.41, 5.74) is 10.4. The van der Waals surface area contributed by atoms with E-state index in [9.17, 15) is 0 Å². The standard InChI is InChI=1S/C37H25N3/c1-3-12-27(13-4-1)37(28-14-5-2-6-15-28)31-17-8-7-16-29(31)36-30-22-24-40(34(30)21-20-32(36)37)35-19-9-18-33(39-35)26-11-10-23-38-25-26/h1-25H. The molecule has 0 amide bonds. The van der Waals surface area contributed by atoms with Crippen molar-refractivity contribution in [1.29, 1.82) is 0 Å². The van der Waals surface area contributed by atoms with Gasteiger partial charge in [0.25, 0.3) is 0 Å². The van der Waals surface area contributed by atoms with Crippen molar-refractivity contribution in [2.45, 2.75) is 5.41 Å². The van der Waals surface area contributed by atoms with E-state index in [1.165, 1.54) is 38.8 Å². The molecule has 0 spiro atoms. The summed E-state index contributed by atoms with van der Waals surface area (Å²) in [6.45, 7) is 0. The van der Waals surface area contributed by atoms with Crippen LogP contribution in [0.4, 0.5) is 0 Å². The second-order valence-electron chi connectivity index (χ2n) is 10.3. The molecule has 1 aliphatic rings. The molecule has 0 saturated heterocycles. The van der Waals surface area contributed by atoms with E-state index in [2.05, 4.69) is 131 Å². The lowest BCUT2D eigenvalue weighted by molar-refractivity contribution is 0.769. The summed E-state index contributed by atoms with van der Waals surface area (Å²) in [6, 6.07) is 47.8. The predicted octanol–water partition coefficient (Wildman–Crippen LogP) is 8.45. The maximum atomic E-state index is 5.02. The van der Waals surface area contributed by atoms with Gasteiger partial charge in [-0.25, -0.2) is 4.98 Å². The van der Waals surface area contributed by atoms with Crippen LogP contribution in [0.1, 0.15) is 22.3 Å². The number of aromatic nitrogens is 3. The minimum absolute atomic E-state index is 0.400. The van der Waals surface area contributed by atoms with Gasteiger partial charge in [0.1, 0.15) is 5.82 Å². The Hall–Kier alpha value is -5.28. The first kappa shape index (κ1) is 22.7. The number of pyridine rings is 2. The van der Waals surface area contributed by atoms with Gasteiger partial charge in [-0.1, -0.05) is 97.1 Å². The molecule has 1 aliphatic carbocycles. The van der Waals surface area contributed by atoms with E-state index in [1.54, 1.807) is 6.20 Å². The molecule has 0 bridgehead atoms. The molecule has 3 nitrogen and oxygen atoms in total. The lowest BCUT2D eigenvalue weighted by atomic mass is 9.67. The molecule has 3 heteroatoms. The summed E-state index contributed by atoms with van der Waals surface area (Å²) in [5.74, 6) is 0.889. The third-order valence-corrected chi connectivity index (χ3v) is 8.23. The number of hydrogen-bond donors (Lipinski definition) is 0. The molecule has 0 unspecified atom stereocenters. The van der Waals surface area contributed by atoms with Gasteiger partial charge in [0.15, 0.2) is 0 Å². The Morgan fingerprint density at radius 1 is 0.575 bits per heavy atom. The van der Waals surface area contributed by atoms with Crippen LogP contribution in [0.25, 0.3) is 39.1 Å². The average Bonchev–Trinajstić information content (AvgIpc) is 3.60. The van der Waals surface area contributed by atoms with Gasteiger partial charge >= 0.3 is 0 Å². The molecule has 8 rings (SSSR count). The highest BCUT2D eigenvalue weighted by Crippen LogP contribution is 2.57. The zero-order chi connectivity index (χ0) is 26.5. The first-order valence-corrected chi connectivity index (χ1v) is 13.6. The summed E-state index contributed by atoms with van der Waals surface area (Å²) < 4.78 is 2.20. The SMILES string of the molecule is c1ccc(C2(c3ccccc3)c3ccccc3-c3c2ccc2c3ccn2-c2cccc(-c3cccnc3)n2)cc1. The monoisotopic (exact) mass is 511 g/mol. The fourth-order valence-electron chi connectivity index (χ4n) is 6.59. The Morgan fingerprint density at radius 3 is 2.08 bits per heavy atom. The van der Waals surface area contributed by atoms with Crippen molar-refractivity contribution in [3.63, 3.8) is 0 Å². The Morgan fingerprint density at radius 2 is 1.32 bits per heavy atom. The van der Waals surface area contributed by atoms with Crippen LogP contribution in [0.15, 0.2) is 152 Å². The molecule has 7 aromatic rings. The smallest absolute Gasteiger partial charge is 0.137 e. The van der Waals surface area contributed by atoms with Crippen LogP contribution in [0.3, 0.4) is 0 Å². The summed E-state index contributed by atoms with van der Waals surface area (Å²) >= 11 is 0. The number of benzene rings is 4. The van der Waals surface area contributed by atoms with Crippen molar-refractivity contribution in [2.24, 2.45) is 0 Å². The molecule has 3 heterocycles. The summed E-state index contributed by atoms with van der Waals surface area (Å²) in [4.78, 5) is 9.30. The van der Waals surface area contributed by atoms with Gasteiger partial charge in [-0.2, -0.15) is 0 Å². The Balaban J connectivity index is 1.40. The van der Waals surface area contributed by atoms with Crippen molar-refractivity contribution in [3.05, 3.63) is 174 Å². The number of hydrogen-bond acceptors (Lipinski definition) is 2. The zero-order valence-corrected chi connectivity index (χ0v) is 21.8. The molecule has 0 fully saturated rings. The highest BCUT2D eigenvalue weighted by molar-refractivity contribution is 6.03. The lowest BCUT2D eigenvalue weighted by Gasteiger charge is -2.33. The first-order valence-electron chi connectivity index (χ1n) is 13.6. The van der Waals surface area contributed by atoms with E-state index < -0.39 is 5.41 Å². The second-order valence-corrected chi connectivity index (χ2v) is 10.3. The molecular weight excluding hydrogens is 486 g/mol. The second kappa shape index (κ2) is 8.89. The fourth-order valence-corrected chi connectivity index (χ4v) is 6.59. The molecule has 188 valence electrons. The van der Waals surface area contributed by atoms with Crippen molar-refractivity contribution < 1.29 is 0 Å². The Bertz CT molecular complexity index is 1950. The normalized spacial score (nSPS) is 13.2. The maximum absolute atomic E-state index is 5.02. The molecular formula is C37H25N3. The number of fused-ring (bicyclic) bond motifs is 5. The van der Waals surface area contributed by atoms with Crippen LogP contribution in [-0.2, 0) is 5.41 Å². The van der Waals surface area contributed by atoms with E-state index in [4.69, 9.17) is 4.98 Å². The molecule has 0 saturated carbocycles. The molecule has 4 aromatic carbocycles. The summed E-state index contributed by atoms with van der Waals surface area (Å²) in [6.07, 6.45) is 5.79. The molecule has 0 atom stereocenters. The predicted molar refractivity (Wildman–Crippen MR) is 162 cm³/mol. The fraction of sp³-hybridized carbons (Fsp3) is 0.0270. The van der Waals surface area contributed by atoms with Crippen LogP contribution in [0.5, 0.6) is 0 Å². The highest BCUT2D eigenvalue weighted by Gasteiger charge is 2.46. The van der Waals surface area contributed by atoms with E-state index in [0.717, 1.165) is 22.6 Å². The number of rotatable bonds is 4. The molecule has 0 aliphatic heterocycles. The van der Waals surface area contributed by atoms with E-state index in [-0.39, 0.29) is 0 Å². The molecule has 0 N–H and O–H groups in total. The maximum Gasteiger partial charge on any atom is 0.137 e. The van der Waals surface area contributed by atoms with Gasteiger partial charge in [0.05, 0.1) is 16.6 Å². The Kier molecular flexibility index (Phi) is 5.04. The van der Waals surface area contributed by atoms with Crippen molar-refractivity contribution in [2.75, 3.05) is 0 Å². The van der Waals surface area contributed by atoms with Crippen molar-refractivity contribution in [3.8, 4) is 28.2 Å². The molecule has 40 heavy (non-hydrogen) atoms. The Labute approximate surface area is 233 Å². The van der Waals surface area contributed by atoms with Gasteiger partial charge < -0.3 is 4.57 Å². The first-order chi connectivity index (χ1) is 19.9. The van der Waals surface area contributed by atoms with E-state index >= 15 is 0 Å². The van der Waals surface area contributed by atoms with Crippen LogP contribution < -0.4 is 0 Å². The van der Waals surface area contributed by atoms with Crippen molar-refractivity contribution in [1.82, 2.24) is 14.5 Å². The highest BCUT2D eigenvalue weighted by atomic mass is 15.1. The van der Waals surface area contributed by atoms with Crippen LogP contribution in [0.2, 0.25) is 0 Å². The van der Waals surface area contributed by atoms with Crippen LogP contribution in [0, 0.1) is 0 Å². The molecule has 3 aromatic heterocycles. The van der Waals surface area contributed by atoms with Gasteiger partial charge in [-0.3, -0.25) is 4.98 Å². The minimum atomic E-state index is -0.400. The summed E-state index contributed by atoms with van der Waals surface area (Å²) in [7, 11) is 0. The van der Waals surface area contributed by atoms with Gasteiger partial charge in [-0.15, -0.1) is 0 Å². The van der Waals surface area contributed by atoms with Gasteiger partial charge in [-0.05, 0) is 69.8 Å². The topological polar surface area (TPSA) is 30.7 Å². The summed E-state index contributed by atoms with van der Waals surface area (Å²) in [5, 5.41) is 1.23. The average molecular weight is 512 g/mol. The minimum Gasteiger partial charge on any atom is -0.301 e.